The predicted molar refractivity (Wildman–Crippen MR) is 107 cm³/mol. The minimum atomic E-state index is -0.126. The molecule has 0 radical (unpaired) electrons. The second kappa shape index (κ2) is 8.54. The second-order valence-corrected chi connectivity index (χ2v) is 6.81. The first-order chi connectivity index (χ1) is 13.1. The number of methoxy groups -OCH3 is 1. The number of nitrogens with one attached hydrogen (secondary N) is 1. The molecular weight excluding hydrogens is 338 g/mol. The second-order valence-electron chi connectivity index (χ2n) is 6.81. The summed E-state index contributed by atoms with van der Waals surface area (Å²) in [5, 5.41) is 7.71. The summed E-state index contributed by atoms with van der Waals surface area (Å²) in [6.45, 7) is 4.91. The van der Waals surface area contributed by atoms with Crippen LogP contribution in [0.25, 0.3) is 16.9 Å². The van der Waals surface area contributed by atoms with Crippen molar-refractivity contribution in [3.8, 4) is 22.7 Å². The third-order valence-electron chi connectivity index (χ3n) is 4.35. The van der Waals surface area contributed by atoms with E-state index >= 15 is 0 Å². The molecule has 3 aromatic rings. The van der Waals surface area contributed by atoms with Crippen molar-refractivity contribution in [2.75, 3.05) is 13.7 Å². The number of carbonyl (C=O) groups is 1. The molecule has 1 N–H and O–H groups in total. The Hall–Kier alpha value is -3.08. The van der Waals surface area contributed by atoms with Crippen molar-refractivity contribution in [1.82, 2.24) is 15.1 Å². The quantitative estimate of drug-likeness (QED) is 0.680. The van der Waals surface area contributed by atoms with Crippen LogP contribution in [0.15, 0.2) is 60.8 Å². The van der Waals surface area contributed by atoms with Gasteiger partial charge >= 0.3 is 0 Å². The lowest BCUT2D eigenvalue weighted by Crippen LogP contribution is -2.25. The van der Waals surface area contributed by atoms with Crippen LogP contribution in [-0.4, -0.2) is 29.3 Å². The van der Waals surface area contributed by atoms with E-state index in [1.54, 1.807) is 18.0 Å². The normalized spacial score (nSPS) is 10.8. The molecule has 0 saturated heterocycles. The number of carbonyl (C=O) groups excluding carboxylic acids is 1. The highest BCUT2D eigenvalue weighted by atomic mass is 16.5. The molecule has 5 nitrogen and oxygen atoms in total. The van der Waals surface area contributed by atoms with Gasteiger partial charge in [0.1, 0.15) is 11.4 Å². The van der Waals surface area contributed by atoms with E-state index in [1.807, 2.05) is 54.6 Å². The number of rotatable bonds is 7. The maximum Gasteiger partial charge on any atom is 0.255 e. The lowest BCUT2D eigenvalue weighted by atomic mass is 10.1. The van der Waals surface area contributed by atoms with Gasteiger partial charge in [0.2, 0.25) is 0 Å². The summed E-state index contributed by atoms with van der Waals surface area (Å²) in [6.07, 6.45) is 2.71. The summed E-state index contributed by atoms with van der Waals surface area (Å²) in [5.74, 6) is 1.09. The van der Waals surface area contributed by atoms with Crippen molar-refractivity contribution < 1.29 is 9.53 Å². The molecular formula is C22H25N3O2. The van der Waals surface area contributed by atoms with E-state index in [9.17, 15) is 4.79 Å². The Balaban J connectivity index is 2.02. The predicted octanol–water partition coefficient (Wildman–Crippen LogP) is 4.32. The van der Waals surface area contributed by atoms with Crippen molar-refractivity contribution in [3.63, 3.8) is 0 Å². The molecule has 1 aromatic heterocycles. The number of hydrogen-bond donors (Lipinski definition) is 1. The van der Waals surface area contributed by atoms with Crippen LogP contribution in [0.5, 0.6) is 5.75 Å². The van der Waals surface area contributed by atoms with Crippen molar-refractivity contribution in [3.05, 3.63) is 66.4 Å². The molecule has 0 spiro atoms. The van der Waals surface area contributed by atoms with E-state index in [-0.39, 0.29) is 5.91 Å². The fourth-order valence-electron chi connectivity index (χ4n) is 2.86. The molecule has 1 heterocycles. The zero-order valence-corrected chi connectivity index (χ0v) is 16.0. The molecule has 1 amide bonds. The van der Waals surface area contributed by atoms with E-state index in [0.29, 0.717) is 29.5 Å². The summed E-state index contributed by atoms with van der Waals surface area (Å²) in [4.78, 5) is 12.9. The molecule has 0 aliphatic heterocycles. The van der Waals surface area contributed by atoms with Crippen LogP contribution in [0.2, 0.25) is 0 Å². The van der Waals surface area contributed by atoms with Crippen molar-refractivity contribution >= 4 is 5.91 Å². The summed E-state index contributed by atoms with van der Waals surface area (Å²) < 4.78 is 7.22. The zero-order valence-electron chi connectivity index (χ0n) is 16.0. The summed E-state index contributed by atoms with van der Waals surface area (Å²) in [7, 11) is 1.62. The number of para-hydroxylation sites is 2. The summed E-state index contributed by atoms with van der Waals surface area (Å²) in [5.41, 5.74) is 2.84. The van der Waals surface area contributed by atoms with Gasteiger partial charge in [-0.25, -0.2) is 4.68 Å². The number of ether oxygens (including phenoxy) is 1. The third-order valence-corrected chi connectivity index (χ3v) is 4.35. The van der Waals surface area contributed by atoms with Crippen LogP contribution in [0.1, 0.15) is 30.6 Å². The Bertz CT molecular complexity index is 901. The van der Waals surface area contributed by atoms with E-state index < -0.39 is 0 Å². The van der Waals surface area contributed by atoms with Crippen molar-refractivity contribution in [2.45, 2.75) is 20.3 Å². The largest absolute Gasteiger partial charge is 0.496 e. The highest BCUT2D eigenvalue weighted by molar-refractivity contribution is 6.00. The van der Waals surface area contributed by atoms with E-state index in [0.717, 1.165) is 17.7 Å². The van der Waals surface area contributed by atoms with Gasteiger partial charge in [-0.05, 0) is 36.6 Å². The molecule has 3 rings (SSSR count). The molecule has 0 bridgehead atoms. The molecule has 0 aliphatic rings. The number of hydrogen-bond acceptors (Lipinski definition) is 3. The first kappa shape index (κ1) is 18.7. The van der Waals surface area contributed by atoms with Gasteiger partial charge in [0, 0.05) is 18.3 Å². The van der Waals surface area contributed by atoms with Gasteiger partial charge in [0.05, 0.1) is 18.4 Å². The third kappa shape index (κ3) is 4.37. The van der Waals surface area contributed by atoms with Crippen LogP contribution in [-0.2, 0) is 0 Å². The van der Waals surface area contributed by atoms with Crippen LogP contribution in [0, 0.1) is 5.92 Å². The van der Waals surface area contributed by atoms with Gasteiger partial charge in [-0.3, -0.25) is 4.79 Å². The number of nitrogens with zero attached hydrogens (tertiary/aromatic N) is 2. The molecule has 140 valence electrons. The highest BCUT2D eigenvalue weighted by Gasteiger charge is 2.20. The Morgan fingerprint density at radius 2 is 1.81 bits per heavy atom. The smallest absolute Gasteiger partial charge is 0.255 e. The topological polar surface area (TPSA) is 56.2 Å². The van der Waals surface area contributed by atoms with Gasteiger partial charge in [-0.1, -0.05) is 44.2 Å². The average molecular weight is 363 g/mol. The lowest BCUT2D eigenvalue weighted by molar-refractivity contribution is 0.0952. The maximum atomic E-state index is 12.9. The van der Waals surface area contributed by atoms with Gasteiger partial charge in [0.15, 0.2) is 0 Å². The Morgan fingerprint density at radius 1 is 1.11 bits per heavy atom. The highest BCUT2D eigenvalue weighted by Crippen LogP contribution is 2.31. The molecule has 0 fully saturated rings. The SMILES string of the molecule is COc1ccccc1-c1nn(-c2ccccc2)cc1C(=O)NCCC(C)C. The fourth-order valence-corrected chi connectivity index (χ4v) is 2.86. The van der Waals surface area contributed by atoms with Crippen LogP contribution in [0.3, 0.4) is 0 Å². The van der Waals surface area contributed by atoms with Crippen LogP contribution in [0.4, 0.5) is 0 Å². The van der Waals surface area contributed by atoms with Gasteiger partial charge in [0.25, 0.3) is 5.91 Å². The monoisotopic (exact) mass is 363 g/mol. The van der Waals surface area contributed by atoms with E-state index in [1.165, 1.54) is 0 Å². The molecule has 27 heavy (non-hydrogen) atoms. The standard InChI is InChI=1S/C22H25N3O2/c1-16(2)13-14-23-22(26)19-15-25(17-9-5-4-6-10-17)24-21(19)18-11-7-8-12-20(18)27-3/h4-12,15-16H,13-14H2,1-3H3,(H,23,26). The summed E-state index contributed by atoms with van der Waals surface area (Å²) in [6, 6.07) is 17.4. The zero-order chi connectivity index (χ0) is 19.2. The van der Waals surface area contributed by atoms with Crippen LogP contribution >= 0.6 is 0 Å². The number of benzene rings is 2. The molecule has 2 aromatic carbocycles. The van der Waals surface area contributed by atoms with E-state index in [4.69, 9.17) is 9.84 Å². The van der Waals surface area contributed by atoms with Crippen molar-refractivity contribution in [1.29, 1.82) is 0 Å². The number of amides is 1. The summed E-state index contributed by atoms with van der Waals surface area (Å²) >= 11 is 0. The first-order valence-corrected chi connectivity index (χ1v) is 9.17. The minimum absolute atomic E-state index is 0.126. The van der Waals surface area contributed by atoms with Gasteiger partial charge in [-0.2, -0.15) is 5.10 Å². The maximum absolute atomic E-state index is 12.9. The molecule has 5 heteroatoms. The Kier molecular flexibility index (Phi) is 5.91. The fraction of sp³-hybridized carbons (Fsp3) is 0.273. The average Bonchev–Trinajstić information content (AvgIpc) is 3.13. The molecule has 0 atom stereocenters. The minimum Gasteiger partial charge on any atom is -0.496 e. The Morgan fingerprint density at radius 3 is 2.52 bits per heavy atom. The van der Waals surface area contributed by atoms with Gasteiger partial charge in [-0.15, -0.1) is 0 Å². The first-order valence-electron chi connectivity index (χ1n) is 9.17. The molecule has 0 saturated carbocycles. The van der Waals surface area contributed by atoms with Gasteiger partial charge < -0.3 is 10.1 Å². The number of aromatic nitrogens is 2. The Labute approximate surface area is 160 Å². The van der Waals surface area contributed by atoms with Crippen molar-refractivity contribution in [2.24, 2.45) is 5.92 Å². The van der Waals surface area contributed by atoms with E-state index in [2.05, 4.69) is 19.2 Å². The lowest BCUT2D eigenvalue weighted by Gasteiger charge is -2.09. The molecule has 0 unspecified atom stereocenters. The molecule has 0 aliphatic carbocycles. The van der Waals surface area contributed by atoms with Crippen LogP contribution < -0.4 is 10.1 Å².